The summed E-state index contributed by atoms with van der Waals surface area (Å²) in [5.41, 5.74) is 1.78. The molecule has 1 N–H and O–H groups in total. The number of aromatic carboxylic acids is 1. The van der Waals surface area contributed by atoms with Crippen molar-refractivity contribution < 1.29 is 14.3 Å². The van der Waals surface area contributed by atoms with Crippen LogP contribution in [0.3, 0.4) is 0 Å². The number of carbonyl (C=O) groups is 1. The molecular formula is C15H15FN2O2. The summed E-state index contributed by atoms with van der Waals surface area (Å²) >= 11 is 0. The van der Waals surface area contributed by atoms with Gasteiger partial charge in [-0.3, -0.25) is 0 Å². The number of aromatic nitrogens is 1. The van der Waals surface area contributed by atoms with E-state index >= 15 is 0 Å². The highest BCUT2D eigenvalue weighted by atomic mass is 19.1. The molecule has 104 valence electrons. The van der Waals surface area contributed by atoms with Crippen LogP contribution in [0.4, 0.5) is 10.2 Å². The Kier molecular flexibility index (Phi) is 3.98. The lowest BCUT2D eigenvalue weighted by molar-refractivity contribution is 0.0692. The second-order valence-electron chi connectivity index (χ2n) is 4.64. The van der Waals surface area contributed by atoms with Gasteiger partial charge in [-0.05, 0) is 18.6 Å². The van der Waals surface area contributed by atoms with Crippen LogP contribution < -0.4 is 4.90 Å². The van der Waals surface area contributed by atoms with Crippen LogP contribution in [0.2, 0.25) is 0 Å². The zero-order valence-corrected chi connectivity index (χ0v) is 11.3. The van der Waals surface area contributed by atoms with Gasteiger partial charge in [-0.2, -0.15) is 0 Å². The molecule has 1 aromatic heterocycles. The summed E-state index contributed by atoms with van der Waals surface area (Å²) in [6.07, 6.45) is 1.30. The Bertz CT molecular complexity index is 626. The van der Waals surface area contributed by atoms with E-state index < -0.39 is 11.8 Å². The van der Waals surface area contributed by atoms with E-state index in [1.807, 2.05) is 31.2 Å². The van der Waals surface area contributed by atoms with Crippen molar-refractivity contribution in [2.24, 2.45) is 0 Å². The summed E-state index contributed by atoms with van der Waals surface area (Å²) in [5, 5.41) is 8.91. The first-order valence-corrected chi connectivity index (χ1v) is 6.13. The summed E-state index contributed by atoms with van der Waals surface area (Å²) in [5.74, 6) is -2.07. The van der Waals surface area contributed by atoms with Gasteiger partial charge in [0.1, 0.15) is 5.56 Å². The fourth-order valence-corrected chi connectivity index (χ4v) is 1.91. The van der Waals surface area contributed by atoms with Crippen molar-refractivity contribution in [3.63, 3.8) is 0 Å². The van der Waals surface area contributed by atoms with E-state index in [0.717, 1.165) is 17.2 Å². The molecule has 0 aliphatic rings. The van der Waals surface area contributed by atoms with E-state index in [-0.39, 0.29) is 11.4 Å². The van der Waals surface area contributed by atoms with Crippen LogP contribution in [0.15, 0.2) is 36.5 Å². The van der Waals surface area contributed by atoms with Gasteiger partial charge in [-0.25, -0.2) is 14.2 Å². The fraction of sp³-hybridized carbons (Fsp3) is 0.200. The summed E-state index contributed by atoms with van der Waals surface area (Å²) in [6.45, 7) is 2.44. The third-order valence-electron chi connectivity index (χ3n) is 3.00. The molecule has 0 spiro atoms. The van der Waals surface area contributed by atoms with Crippen LogP contribution in [0.1, 0.15) is 21.5 Å². The normalized spacial score (nSPS) is 10.3. The standard InChI is InChI=1S/C15H15FN2O2/c1-10-3-5-11(6-4-10)9-18(2)14-13(16)12(15(19)20)7-8-17-14/h3-8H,9H2,1-2H3,(H,19,20). The molecule has 0 radical (unpaired) electrons. The molecule has 0 unspecified atom stereocenters. The van der Waals surface area contributed by atoms with E-state index in [9.17, 15) is 9.18 Å². The first-order chi connectivity index (χ1) is 9.49. The van der Waals surface area contributed by atoms with Gasteiger partial charge >= 0.3 is 5.97 Å². The highest BCUT2D eigenvalue weighted by Crippen LogP contribution is 2.20. The predicted octanol–water partition coefficient (Wildman–Crippen LogP) is 2.86. The van der Waals surface area contributed by atoms with Gasteiger partial charge < -0.3 is 10.0 Å². The molecule has 1 aromatic carbocycles. The quantitative estimate of drug-likeness (QED) is 0.931. The first kappa shape index (κ1) is 14.0. The minimum absolute atomic E-state index is 0.0328. The SMILES string of the molecule is Cc1ccc(CN(C)c2nccc(C(=O)O)c2F)cc1. The van der Waals surface area contributed by atoms with Crippen molar-refractivity contribution in [2.45, 2.75) is 13.5 Å². The minimum Gasteiger partial charge on any atom is -0.478 e. The topological polar surface area (TPSA) is 53.4 Å². The van der Waals surface area contributed by atoms with Gasteiger partial charge in [-0.1, -0.05) is 29.8 Å². The summed E-state index contributed by atoms with van der Waals surface area (Å²) in [6, 6.07) is 9.00. The van der Waals surface area contributed by atoms with E-state index in [4.69, 9.17) is 5.11 Å². The molecule has 5 heteroatoms. The maximum absolute atomic E-state index is 14.1. The number of hydrogen-bond donors (Lipinski definition) is 1. The van der Waals surface area contributed by atoms with Gasteiger partial charge in [0.2, 0.25) is 0 Å². The Hall–Kier alpha value is -2.43. The maximum atomic E-state index is 14.1. The number of pyridine rings is 1. The van der Waals surface area contributed by atoms with E-state index in [2.05, 4.69) is 4.98 Å². The summed E-state index contributed by atoms with van der Waals surface area (Å²) in [4.78, 5) is 16.4. The van der Waals surface area contributed by atoms with Crippen molar-refractivity contribution in [2.75, 3.05) is 11.9 Å². The molecule has 4 nitrogen and oxygen atoms in total. The molecule has 0 bridgehead atoms. The largest absolute Gasteiger partial charge is 0.478 e. The minimum atomic E-state index is -1.30. The lowest BCUT2D eigenvalue weighted by atomic mass is 10.1. The molecule has 1 heterocycles. The Labute approximate surface area is 116 Å². The van der Waals surface area contributed by atoms with Gasteiger partial charge in [0.05, 0.1) is 0 Å². The first-order valence-electron chi connectivity index (χ1n) is 6.13. The highest BCUT2D eigenvalue weighted by Gasteiger charge is 2.17. The van der Waals surface area contributed by atoms with Crippen LogP contribution in [0, 0.1) is 12.7 Å². The van der Waals surface area contributed by atoms with E-state index in [1.165, 1.54) is 6.20 Å². The molecule has 0 fully saturated rings. The average molecular weight is 274 g/mol. The lowest BCUT2D eigenvalue weighted by Gasteiger charge is -2.19. The molecule has 2 aromatic rings. The zero-order valence-electron chi connectivity index (χ0n) is 11.3. The van der Waals surface area contributed by atoms with Gasteiger partial charge in [0.25, 0.3) is 0 Å². The fourth-order valence-electron chi connectivity index (χ4n) is 1.91. The molecule has 0 saturated heterocycles. The molecule has 2 rings (SSSR count). The number of rotatable bonds is 4. The number of nitrogens with zero attached hydrogens (tertiary/aromatic N) is 2. The Morgan fingerprint density at radius 1 is 1.30 bits per heavy atom. The number of carboxylic acid groups (broad SMARTS) is 1. The number of hydrogen-bond acceptors (Lipinski definition) is 3. The smallest absolute Gasteiger partial charge is 0.338 e. The molecule has 0 aliphatic carbocycles. The van der Waals surface area contributed by atoms with Crippen LogP contribution in [-0.2, 0) is 6.54 Å². The van der Waals surface area contributed by atoms with Gasteiger partial charge in [0, 0.05) is 19.8 Å². The Morgan fingerprint density at radius 2 is 1.95 bits per heavy atom. The highest BCUT2D eigenvalue weighted by molar-refractivity contribution is 5.88. The van der Waals surface area contributed by atoms with Crippen molar-refractivity contribution in [3.8, 4) is 0 Å². The molecule has 0 aliphatic heterocycles. The van der Waals surface area contributed by atoms with Gasteiger partial charge in [0.15, 0.2) is 11.6 Å². The molecule has 20 heavy (non-hydrogen) atoms. The van der Waals surface area contributed by atoms with Gasteiger partial charge in [-0.15, -0.1) is 0 Å². The molecule has 0 amide bonds. The van der Waals surface area contributed by atoms with Crippen molar-refractivity contribution in [3.05, 3.63) is 59.0 Å². The van der Waals surface area contributed by atoms with Crippen molar-refractivity contribution in [1.29, 1.82) is 0 Å². The lowest BCUT2D eigenvalue weighted by Crippen LogP contribution is -2.20. The van der Waals surface area contributed by atoms with E-state index in [1.54, 1.807) is 11.9 Å². The number of carboxylic acids is 1. The number of halogens is 1. The third kappa shape index (κ3) is 2.93. The van der Waals surface area contributed by atoms with E-state index in [0.29, 0.717) is 6.54 Å². The average Bonchev–Trinajstić information content (AvgIpc) is 2.41. The summed E-state index contributed by atoms with van der Waals surface area (Å²) in [7, 11) is 1.68. The second-order valence-corrected chi connectivity index (χ2v) is 4.64. The number of anilines is 1. The van der Waals surface area contributed by atoms with Crippen LogP contribution >= 0.6 is 0 Å². The van der Waals surface area contributed by atoms with Crippen LogP contribution in [-0.4, -0.2) is 23.1 Å². The second kappa shape index (κ2) is 5.69. The van der Waals surface area contributed by atoms with Crippen LogP contribution in [0.5, 0.6) is 0 Å². The van der Waals surface area contributed by atoms with Crippen molar-refractivity contribution in [1.82, 2.24) is 4.98 Å². The number of benzene rings is 1. The molecule has 0 saturated carbocycles. The Morgan fingerprint density at radius 3 is 2.55 bits per heavy atom. The monoisotopic (exact) mass is 274 g/mol. The number of aryl methyl sites for hydroxylation is 1. The third-order valence-corrected chi connectivity index (χ3v) is 3.00. The Balaban J connectivity index is 2.25. The molecular weight excluding hydrogens is 259 g/mol. The predicted molar refractivity (Wildman–Crippen MR) is 74.4 cm³/mol. The maximum Gasteiger partial charge on any atom is 0.338 e. The van der Waals surface area contributed by atoms with Crippen LogP contribution in [0.25, 0.3) is 0 Å². The molecule has 0 atom stereocenters. The van der Waals surface area contributed by atoms with Crippen molar-refractivity contribution >= 4 is 11.8 Å². The summed E-state index contributed by atoms with van der Waals surface area (Å²) < 4.78 is 14.1. The zero-order chi connectivity index (χ0) is 14.7.